The number of nitrogens with zero attached hydrogens (tertiary/aromatic N) is 5. The SMILES string of the molecule is Cc1ccc(-n2cnnc2SCC(=O)Nc2nc(-c3ccccn3)cs2)cc1C. The first-order valence-corrected chi connectivity index (χ1v) is 10.7. The van der Waals surface area contributed by atoms with E-state index in [0.29, 0.717) is 10.3 Å². The lowest BCUT2D eigenvalue weighted by atomic mass is 10.1. The maximum Gasteiger partial charge on any atom is 0.236 e. The van der Waals surface area contributed by atoms with Crippen LogP contribution in [0.3, 0.4) is 0 Å². The molecule has 0 unspecified atom stereocenters. The fourth-order valence-electron chi connectivity index (χ4n) is 2.62. The van der Waals surface area contributed by atoms with E-state index in [4.69, 9.17) is 0 Å². The third kappa shape index (κ3) is 4.52. The van der Waals surface area contributed by atoms with Gasteiger partial charge in [-0.25, -0.2) is 4.98 Å². The summed E-state index contributed by atoms with van der Waals surface area (Å²) in [6.45, 7) is 4.14. The van der Waals surface area contributed by atoms with Crippen molar-refractivity contribution in [2.45, 2.75) is 19.0 Å². The fraction of sp³-hybridized carbons (Fsp3) is 0.150. The molecule has 0 radical (unpaired) electrons. The zero-order chi connectivity index (χ0) is 20.2. The Morgan fingerprint density at radius 2 is 2.07 bits per heavy atom. The summed E-state index contributed by atoms with van der Waals surface area (Å²) in [4.78, 5) is 21.1. The topological polar surface area (TPSA) is 85.6 Å². The van der Waals surface area contributed by atoms with E-state index in [1.807, 2.05) is 34.2 Å². The monoisotopic (exact) mass is 422 g/mol. The Kier molecular flexibility index (Phi) is 5.68. The minimum atomic E-state index is -0.147. The number of rotatable bonds is 6. The van der Waals surface area contributed by atoms with Gasteiger partial charge >= 0.3 is 0 Å². The molecule has 0 aliphatic heterocycles. The van der Waals surface area contributed by atoms with Crippen LogP contribution in [-0.4, -0.2) is 36.4 Å². The van der Waals surface area contributed by atoms with Crippen molar-refractivity contribution in [2.75, 3.05) is 11.1 Å². The van der Waals surface area contributed by atoms with Gasteiger partial charge in [-0.3, -0.25) is 14.3 Å². The van der Waals surface area contributed by atoms with E-state index in [-0.39, 0.29) is 11.7 Å². The second kappa shape index (κ2) is 8.54. The molecule has 0 bridgehead atoms. The highest BCUT2D eigenvalue weighted by molar-refractivity contribution is 7.99. The molecule has 0 spiro atoms. The van der Waals surface area contributed by atoms with Crippen LogP contribution in [0.1, 0.15) is 11.1 Å². The largest absolute Gasteiger partial charge is 0.301 e. The molecule has 1 amide bonds. The molecule has 4 rings (SSSR count). The molecule has 4 aromatic rings. The Morgan fingerprint density at radius 1 is 1.17 bits per heavy atom. The van der Waals surface area contributed by atoms with Gasteiger partial charge < -0.3 is 5.32 Å². The number of amides is 1. The third-order valence-electron chi connectivity index (χ3n) is 4.30. The molecule has 0 saturated carbocycles. The maximum absolute atomic E-state index is 12.4. The zero-order valence-electron chi connectivity index (χ0n) is 15.9. The average molecular weight is 423 g/mol. The first-order valence-electron chi connectivity index (χ1n) is 8.87. The fourth-order valence-corrected chi connectivity index (χ4v) is 4.07. The smallest absolute Gasteiger partial charge is 0.236 e. The highest BCUT2D eigenvalue weighted by atomic mass is 32.2. The molecular weight excluding hydrogens is 404 g/mol. The number of aromatic nitrogens is 5. The summed E-state index contributed by atoms with van der Waals surface area (Å²) in [6, 6.07) is 11.8. The van der Waals surface area contributed by atoms with Crippen molar-refractivity contribution in [2.24, 2.45) is 0 Å². The lowest BCUT2D eigenvalue weighted by molar-refractivity contribution is -0.113. The molecule has 3 aromatic heterocycles. The standard InChI is InChI=1S/C20H18N6OS2/c1-13-6-7-15(9-14(13)2)26-12-22-25-20(26)29-11-18(27)24-19-23-17(10-28-19)16-5-3-4-8-21-16/h3-10,12H,11H2,1-2H3,(H,23,24,27). The number of thiazole rings is 1. The van der Waals surface area contributed by atoms with Crippen molar-refractivity contribution in [1.29, 1.82) is 0 Å². The van der Waals surface area contributed by atoms with Crippen molar-refractivity contribution in [3.63, 3.8) is 0 Å². The number of thioether (sulfide) groups is 1. The number of nitrogens with one attached hydrogen (secondary N) is 1. The first-order chi connectivity index (χ1) is 14.1. The number of anilines is 1. The molecule has 1 N–H and O–H groups in total. The van der Waals surface area contributed by atoms with Crippen molar-refractivity contribution < 1.29 is 4.79 Å². The Morgan fingerprint density at radius 3 is 2.86 bits per heavy atom. The molecule has 146 valence electrons. The van der Waals surface area contributed by atoms with Crippen LogP contribution in [0.15, 0.2) is 59.5 Å². The average Bonchev–Trinajstić information content (AvgIpc) is 3.39. The lowest BCUT2D eigenvalue weighted by Crippen LogP contribution is -2.14. The molecule has 3 heterocycles. The van der Waals surface area contributed by atoms with Gasteiger partial charge in [0.05, 0.1) is 11.4 Å². The molecule has 0 aliphatic carbocycles. The number of hydrogen-bond donors (Lipinski definition) is 1. The van der Waals surface area contributed by atoms with Crippen LogP contribution in [-0.2, 0) is 4.79 Å². The maximum atomic E-state index is 12.4. The molecule has 29 heavy (non-hydrogen) atoms. The third-order valence-corrected chi connectivity index (χ3v) is 6.00. The predicted molar refractivity (Wildman–Crippen MR) is 116 cm³/mol. The number of carbonyl (C=O) groups excluding carboxylic acids is 1. The Labute approximate surface area is 176 Å². The minimum absolute atomic E-state index is 0.147. The number of hydrogen-bond acceptors (Lipinski definition) is 7. The van der Waals surface area contributed by atoms with Crippen LogP contribution in [0.5, 0.6) is 0 Å². The van der Waals surface area contributed by atoms with Gasteiger partial charge in [-0.15, -0.1) is 21.5 Å². The van der Waals surface area contributed by atoms with E-state index in [1.54, 1.807) is 12.5 Å². The number of pyridine rings is 1. The summed E-state index contributed by atoms with van der Waals surface area (Å²) in [5.41, 5.74) is 4.91. The summed E-state index contributed by atoms with van der Waals surface area (Å²) >= 11 is 2.70. The van der Waals surface area contributed by atoms with E-state index in [0.717, 1.165) is 17.1 Å². The van der Waals surface area contributed by atoms with Gasteiger partial charge in [0.15, 0.2) is 10.3 Å². The van der Waals surface area contributed by atoms with Gasteiger partial charge in [-0.2, -0.15) is 0 Å². The van der Waals surface area contributed by atoms with Crippen molar-refractivity contribution in [3.05, 3.63) is 65.4 Å². The van der Waals surface area contributed by atoms with Gasteiger partial charge in [0.1, 0.15) is 12.0 Å². The summed E-state index contributed by atoms with van der Waals surface area (Å²) in [5.74, 6) is 0.0636. The van der Waals surface area contributed by atoms with Crippen LogP contribution in [0, 0.1) is 13.8 Å². The minimum Gasteiger partial charge on any atom is -0.301 e. The van der Waals surface area contributed by atoms with Crippen LogP contribution >= 0.6 is 23.1 Å². The molecule has 0 saturated heterocycles. The number of carbonyl (C=O) groups is 1. The molecule has 0 atom stereocenters. The molecule has 0 fully saturated rings. The Bertz CT molecular complexity index is 1140. The lowest BCUT2D eigenvalue weighted by Gasteiger charge is -2.08. The van der Waals surface area contributed by atoms with Crippen molar-refractivity contribution in [1.82, 2.24) is 24.7 Å². The summed E-state index contributed by atoms with van der Waals surface area (Å²) in [7, 11) is 0. The summed E-state index contributed by atoms with van der Waals surface area (Å²) < 4.78 is 1.88. The molecular formula is C20H18N6OS2. The first kappa shape index (κ1) is 19.3. The number of benzene rings is 1. The van der Waals surface area contributed by atoms with Crippen LogP contribution < -0.4 is 5.32 Å². The normalized spacial score (nSPS) is 10.8. The van der Waals surface area contributed by atoms with Crippen LogP contribution in [0.4, 0.5) is 5.13 Å². The van der Waals surface area contributed by atoms with E-state index in [1.165, 1.54) is 34.2 Å². The predicted octanol–water partition coefficient (Wildman–Crippen LogP) is 4.13. The molecule has 7 nitrogen and oxygen atoms in total. The van der Waals surface area contributed by atoms with E-state index >= 15 is 0 Å². The Balaban J connectivity index is 1.39. The summed E-state index contributed by atoms with van der Waals surface area (Å²) in [5, 5.41) is 14.1. The highest BCUT2D eigenvalue weighted by Gasteiger charge is 2.13. The highest BCUT2D eigenvalue weighted by Crippen LogP contribution is 2.24. The summed E-state index contributed by atoms with van der Waals surface area (Å²) in [6.07, 6.45) is 3.37. The second-order valence-corrected chi connectivity index (χ2v) is 8.14. The van der Waals surface area contributed by atoms with Gasteiger partial charge in [0.25, 0.3) is 0 Å². The molecule has 1 aromatic carbocycles. The van der Waals surface area contributed by atoms with Gasteiger partial charge in [0, 0.05) is 17.3 Å². The Hall–Kier alpha value is -3.04. The van der Waals surface area contributed by atoms with E-state index in [9.17, 15) is 4.79 Å². The van der Waals surface area contributed by atoms with Crippen molar-refractivity contribution in [3.8, 4) is 17.1 Å². The van der Waals surface area contributed by atoms with Crippen molar-refractivity contribution >= 4 is 34.1 Å². The van der Waals surface area contributed by atoms with Crippen LogP contribution in [0.25, 0.3) is 17.1 Å². The van der Waals surface area contributed by atoms with E-state index < -0.39 is 0 Å². The quantitative estimate of drug-likeness (QED) is 0.470. The van der Waals surface area contributed by atoms with E-state index in [2.05, 4.69) is 51.5 Å². The number of aryl methyl sites for hydroxylation is 2. The van der Waals surface area contributed by atoms with Crippen LogP contribution in [0.2, 0.25) is 0 Å². The second-order valence-electron chi connectivity index (χ2n) is 6.34. The van der Waals surface area contributed by atoms with Gasteiger partial charge in [-0.1, -0.05) is 23.9 Å². The molecule has 9 heteroatoms. The zero-order valence-corrected chi connectivity index (χ0v) is 17.5. The van der Waals surface area contributed by atoms with Gasteiger partial charge in [0.2, 0.25) is 5.91 Å². The molecule has 0 aliphatic rings. The van der Waals surface area contributed by atoms with Gasteiger partial charge in [-0.05, 0) is 49.2 Å².